The molecule has 1 aliphatic rings. The third kappa shape index (κ3) is 5.32. The van der Waals surface area contributed by atoms with Crippen LogP contribution in [0.5, 0.6) is 0 Å². The van der Waals surface area contributed by atoms with Gasteiger partial charge >= 0.3 is 0 Å². The van der Waals surface area contributed by atoms with E-state index in [1.807, 2.05) is 0 Å². The van der Waals surface area contributed by atoms with Gasteiger partial charge in [-0.15, -0.1) is 0 Å². The predicted octanol–water partition coefficient (Wildman–Crippen LogP) is 15.9. The fraction of sp³-hybridized carbons (Fsp3) is 0.111. The minimum absolute atomic E-state index is 0.575. The lowest BCUT2D eigenvalue weighted by Gasteiger charge is -2.31. The molecule has 9 aromatic carbocycles. The van der Waals surface area contributed by atoms with Gasteiger partial charge in [-0.05, 0) is 98.1 Å². The van der Waals surface area contributed by atoms with Gasteiger partial charge in [0.2, 0.25) is 0 Å². The maximum absolute atomic E-state index is 6.56. The van der Waals surface area contributed by atoms with Crippen LogP contribution in [-0.4, -0.2) is 0 Å². The molecule has 11 rings (SSSR count). The summed E-state index contributed by atoms with van der Waals surface area (Å²) in [6.45, 7) is 0. The number of nitrogens with zero attached hydrogens (tertiary/aromatic N) is 1. The number of fused-ring (bicyclic) bond motifs is 7. The maximum Gasteiger partial charge on any atom is 0.137 e. The lowest BCUT2D eigenvalue weighted by Crippen LogP contribution is -2.13. The van der Waals surface area contributed by atoms with Crippen molar-refractivity contribution in [3.8, 4) is 22.3 Å². The topological polar surface area (TPSA) is 16.4 Å². The van der Waals surface area contributed by atoms with E-state index in [1.165, 1.54) is 92.2 Å². The van der Waals surface area contributed by atoms with Gasteiger partial charge in [-0.3, -0.25) is 0 Å². The van der Waals surface area contributed by atoms with Crippen molar-refractivity contribution in [2.45, 2.75) is 38.0 Å². The van der Waals surface area contributed by atoms with E-state index in [-0.39, 0.29) is 0 Å². The average molecular weight is 720 g/mol. The summed E-state index contributed by atoms with van der Waals surface area (Å²) in [6.07, 6.45) is 6.45. The van der Waals surface area contributed by atoms with Crippen molar-refractivity contribution in [2.75, 3.05) is 4.90 Å². The molecule has 1 saturated carbocycles. The molecule has 0 amide bonds. The van der Waals surface area contributed by atoms with Crippen LogP contribution in [0.4, 0.5) is 17.1 Å². The summed E-state index contributed by atoms with van der Waals surface area (Å²) in [4.78, 5) is 2.51. The molecular formula is C54H41NO. The van der Waals surface area contributed by atoms with Crippen LogP contribution in [0, 0.1) is 0 Å². The Labute approximate surface area is 327 Å². The van der Waals surface area contributed by atoms with E-state index in [9.17, 15) is 0 Å². The Balaban J connectivity index is 1.22. The van der Waals surface area contributed by atoms with Gasteiger partial charge in [0.15, 0.2) is 0 Å². The van der Waals surface area contributed by atoms with Gasteiger partial charge in [0.25, 0.3) is 0 Å². The lowest BCUT2D eigenvalue weighted by atomic mass is 9.80. The molecule has 2 heteroatoms. The van der Waals surface area contributed by atoms with E-state index < -0.39 is 0 Å². The number of hydrogen-bond donors (Lipinski definition) is 0. The van der Waals surface area contributed by atoms with Crippen molar-refractivity contribution in [3.05, 3.63) is 188 Å². The molecule has 0 atom stereocenters. The van der Waals surface area contributed by atoms with Gasteiger partial charge in [0.1, 0.15) is 11.2 Å². The molecule has 0 saturated heterocycles. The Kier molecular flexibility index (Phi) is 7.95. The van der Waals surface area contributed by atoms with Crippen LogP contribution < -0.4 is 4.90 Å². The third-order valence-corrected chi connectivity index (χ3v) is 12.3. The minimum Gasteiger partial charge on any atom is -0.456 e. The molecule has 10 aromatic rings. The molecule has 0 spiro atoms. The first-order valence-electron chi connectivity index (χ1n) is 20.1. The Hall–Kier alpha value is -6.64. The van der Waals surface area contributed by atoms with E-state index in [2.05, 4.69) is 187 Å². The SMILES string of the molecule is c1ccc(N(c2ccccc2-c2cccc3cccc(C4CCCCC4)c23)c2cccc3oc4ccccc4c23)c(-c2cccc3c2ccc2ccccc23)c1. The molecule has 1 aromatic heterocycles. The van der Waals surface area contributed by atoms with E-state index in [0.717, 1.165) is 39.0 Å². The maximum atomic E-state index is 6.56. The van der Waals surface area contributed by atoms with Crippen molar-refractivity contribution in [1.82, 2.24) is 0 Å². The van der Waals surface area contributed by atoms with Gasteiger partial charge in [-0.1, -0.05) is 171 Å². The highest BCUT2D eigenvalue weighted by atomic mass is 16.3. The van der Waals surface area contributed by atoms with Crippen LogP contribution in [0.15, 0.2) is 186 Å². The Morgan fingerprint density at radius 2 is 0.929 bits per heavy atom. The second kappa shape index (κ2) is 13.6. The number of anilines is 3. The zero-order chi connectivity index (χ0) is 37.0. The van der Waals surface area contributed by atoms with Gasteiger partial charge in [-0.25, -0.2) is 0 Å². The first kappa shape index (κ1) is 32.8. The summed E-state index contributed by atoms with van der Waals surface area (Å²) in [5, 5.41) is 9.93. The van der Waals surface area contributed by atoms with Gasteiger partial charge < -0.3 is 9.32 Å². The molecule has 268 valence electrons. The Morgan fingerprint density at radius 3 is 1.77 bits per heavy atom. The minimum atomic E-state index is 0.575. The number of benzene rings is 9. The molecule has 0 bridgehead atoms. The van der Waals surface area contributed by atoms with Crippen molar-refractivity contribution >= 4 is 71.3 Å². The molecule has 1 fully saturated rings. The van der Waals surface area contributed by atoms with Crippen LogP contribution in [0.25, 0.3) is 76.5 Å². The molecular weight excluding hydrogens is 679 g/mol. The van der Waals surface area contributed by atoms with E-state index in [0.29, 0.717) is 5.92 Å². The first-order valence-corrected chi connectivity index (χ1v) is 20.1. The molecule has 2 nitrogen and oxygen atoms in total. The van der Waals surface area contributed by atoms with Gasteiger partial charge in [0.05, 0.1) is 22.4 Å². The highest BCUT2D eigenvalue weighted by molar-refractivity contribution is 6.17. The first-order chi connectivity index (χ1) is 27.8. The number of hydrogen-bond acceptors (Lipinski definition) is 2. The van der Waals surface area contributed by atoms with Crippen molar-refractivity contribution in [2.24, 2.45) is 0 Å². The molecule has 1 heterocycles. The van der Waals surface area contributed by atoms with Crippen LogP contribution in [0.3, 0.4) is 0 Å². The standard InChI is InChI=1S/C54H41NO/c1-2-16-36(17-3-1)40-25-12-19-38-20-13-28-46(53(38)40)45-23-7-10-30-49(45)55(50-31-15-33-52-54(50)47-24-8-11-32-51(47)56-52)48-29-9-6-22-44(48)42-27-14-26-41-39-21-5-4-18-37(39)34-35-43(41)42/h4-15,18-36H,1-3,16-17H2. The second-order valence-corrected chi connectivity index (χ2v) is 15.4. The Morgan fingerprint density at radius 1 is 0.357 bits per heavy atom. The highest BCUT2D eigenvalue weighted by Gasteiger charge is 2.26. The smallest absolute Gasteiger partial charge is 0.137 e. The summed E-state index contributed by atoms with van der Waals surface area (Å²) in [6, 6.07) is 66.8. The summed E-state index contributed by atoms with van der Waals surface area (Å²) in [7, 11) is 0. The molecule has 1 aliphatic carbocycles. The van der Waals surface area contributed by atoms with Crippen LogP contribution in [0.2, 0.25) is 0 Å². The highest BCUT2D eigenvalue weighted by Crippen LogP contribution is 2.50. The molecule has 56 heavy (non-hydrogen) atoms. The summed E-state index contributed by atoms with van der Waals surface area (Å²) < 4.78 is 6.56. The second-order valence-electron chi connectivity index (χ2n) is 15.4. The number of furan rings is 1. The normalized spacial score (nSPS) is 13.6. The zero-order valence-corrected chi connectivity index (χ0v) is 31.3. The number of para-hydroxylation sites is 3. The quantitative estimate of drug-likeness (QED) is 0.159. The average Bonchev–Trinajstić information content (AvgIpc) is 3.66. The van der Waals surface area contributed by atoms with Gasteiger partial charge in [0, 0.05) is 16.5 Å². The molecule has 0 aliphatic heterocycles. The van der Waals surface area contributed by atoms with Crippen molar-refractivity contribution < 1.29 is 4.42 Å². The molecule has 0 N–H and O–H groups in total. The van der Waals surface area contributed by atoms with Crippen LogP contribution in [-0.2, 0) is 0 Å². The van der Waals surface area contributed by atoms with E-state index in [1.54, 1.807) is 0 Å². The van der Waals surface area contributed by atoms with Crippen molar-refractivity contribution in [3.63, 3.8) is 0 Å². The fourth-order valence-electron chi connectivity index (χ4n) is 9.75. The van der Waals surface area contributed by atoms with E-state index in [4.69, 9.17) is 4.42 Å². The molecule has 0 radical (unpaired) electrons. The van der Waals surface area contributed by atoms with E-state index >= 15 is 0 Å². The summed E-state index contributed by atoms with van der Waals surface area (Å²) >= 11 is 0. The third-order valence-electron chi connectivity index (χ3n) is 12.3. The predicted molar refractivity (Wildman–Crippen MR) is 238 cm³/mol. The van der Waals surface area contributed by atoms with Crippen molar-refractivity contribution in [1.29, 1.82) is 0 Å². The fourth-order valence-corrected chi connectivity index (χ4v) is 9.75. The summed E-state index contributed by atoms with van der Waals surface area (Å²) in [5.74, 6) is 0.575. The zero-order valence-electron chi connectivity index (χ0n) is 31.3. The lowest BCUT2D eigenvalue weighted by molar-refractivity contribution is 0.445. The Bertz CT molecular complexity index is 3090. The molecule has 0 unspecified atom stereocenters. The monoisotopic (exact) mass is 719 g/mol. The summed E-state index contributed by atoms with van der Waals surface area (Å²) in [5.41, 5.74) is 11.5. The van der Waals surface area contributed by atoms with Crippen LogP contribution >= 0.6 is 0 Å². The largest absolute Gasteiger partial charge is 0.456 e. The number of rotatable bonds is 6. The van der Waals surface area contributed by atoms with Gasteiger partial charge in [-0.2, -0.15) is 0 Å². The van der Waals surface area contributed by atoms with Crippen LogP contribution in [0.1, 0.15) is 43.6 Å².